The van der Waals surface area contributed by atoms with Crippen LogP contribution in [0.4, 0.5) is 5.69 Å². The fourth-order valence-electron chi connectivity index (χ4n) is 3.34. The first-order valence-electron chi connectivity index (χ1n) is 9.40. The number of fused-ring (bicyclic) bond motifs is 1. The fraction of sp³-hybridized carbons (Fsp3) is 0.333. The maximum absolute atomic E-state index is 13.5. The van der Waals surface area contributed by atoms with Crippen LogP contribution in [-0.4, -0.2) is 30.8 Å². The van der Waals surface area contributed by atoms with Gasteiger partial charge in [0.2, 0.25) is 0 Å². The Morgan fingerprint density at radius 3 is 2.71 bits per heavy atom. The summed E-state index contributed by atoms with van der Waals surface area (Å²) in [6.07, 6.45) is 0.865. The maximum atomic E-state index is 13.5. The number of nitrogens with two attached hydrogens (primary N) is 1. The minimum atomic E-state index is -0.447. The molecule has 3 N–H and O–H groups in total. The van der Waals surface area contributed by atoms with E-state index >= 15 is 0 Å². The van der Waals surface area contributed by atoms with E-state index < -0.39 is 6.04 Å². The molecule has 1 amide bonds. The number of benzene rings is 2. The number of nitrogens with one attached hydrogen (secondary N) is 1. The van der Waals surface area contributed by atoms with Gasteiger partial charge in [-0.1, -0.05) is 62.2 Å². The van der Waals surface area contributed by atoms with Crippen molar-refractivity contribution in [2.45, 2.75) is 26.3 Å². The molecule has 148 valence electrons. The second-order valence-corrected chi connectivity index (χ2v) is 7.80. The van der Waals surface area contributed by atoms with Gasteiger partial charge in [-0.15, -0.1) is 0 Å². The van der Waals surface area contributed by atoms with E-state index in [1.807, 2.05) is 53.4 Å². The van der Waals surface area contributed by atoms with Crippen LogP contribution in [0.5, 0.6) is 0 Å². The Hall–Kier alpha value is -1.86. The lowest BCUT2D eigenvalue weighted by Gasteiger charge is -2.27. The number of rotatable bonds is 7. The van der Waals surface area contributed by atoms with Gasteiger partial charge in [0.05, 0.1) is 11.4 Å². The molecule has 7 heteroatoms. The number of halogens is 1. The normalized spacial score (nSPS) is 17.7. The Labute approximate surface area is 175 Å². The zero-order valence-corrected chi connectivity index (χ0v) is 17.6. The summed E-state index contributed by atoms with van der Waals surface area (Å²) in [6.45, 7) is 5.23. The SMILES string of the molecule is CC[C@H](C)[C@@H]1N=C(c2ccccc2)c2cc(Cl)ccc2N(CCNSN)C1=O. The van der Waals surface area contributed by atoms with Gasteiger partial charge in [0, 0.05) is 41.4 Å². The molecule has 3 rings (SSSR count). The molecule has 0 aliphatic carbocycles. The third-order valence-corrected chi connectivity index (χ3v) is 5.65. The van der Waals surface area contributed by atoms with Crippen LogP contribution in [0.25, 0.3) is 0 Å². The van der Waals surface area contributed by atoms with Gasteiger partial charge < -0.3 is 4.90 Å². The first kappa shape index (κ1) is 20.9. The Morgan fingerprint density at radius 1 is 1.29 bits per heavy atom. The minimum absolute atomic E-state index is 0.00711. The van der Waals surface area contributed by atoms with Crippen LogP contribution in [0.1, 0.15) is 31.4 Å². The second kappa shape index (κ2) is 9.56. The highest BCUT2D eigenvalue weighted by atomic mass is 35.5. The Morgan fingerprint density at radius 2 is 2.04 bits per heavy atom. The molecule has 5 nitrogen and oxygen atoms in total. The Bertz CT molecular complexity index is 859. The average molecular weight is 417 g/mol. The van der Waals surface area contributed by atoms with Crippen LogP contribution in [0.15, 0.2) is 53.5 Å². The van der Waals surface area contributed by atoms with Crippen molar-refractivity contribution in [3.05, 3.63) is 64.7 Å². The van der Waals surface area contributed by atoms with E-state index in [0.29, 0.717) is 18.1 Å². The summed E-state index contributed by atoms with van der Waals surface area (Å²) in [5.41, 5.74) is 3.48. The van der Waals surface area contributed by atoms with Crippen LogP contribution < -0.4 is 14.8 Å². The first-order valence-corrected chi connectivity index (χ1v) is 10.7. The zero-order chi connectivity index (χ0) is 20.1. The van der Waals surface area contributed by atoms with Crippen molar-refractivity contribution in [3.63, 3.8) is 0 Å². The fourth-order valence-corrected chi connectivity index (χ4v) is 3.72. The predicted octanol–water partition coefficient (Wildman–Crippen LogP) is 4.05. The standard InChI is InChI=1S/C21H25ClN4OS/c1-3-14(2)19-21(27)26(12-11-24-28-23)18-10-9-16(22)13-17(18)20(25-19)15-7-5-4-6-8-15/h4-10,13-14,19,24H,3,11-12,23H2,1-2H3/t14-,19-/m0/s1. The van der Waals surface area contributed by atoms with Crippen LogP contribution in [0.2, 0.25) is 5.02 Å². The largest absolute Gasteiger partial charge is 0.309 e. The van der Waals surface area contributed by atoms with Crippen molar-refractivity contribution in [2.24, 2.45) is 16.0 Å². The van der Waals surface area contributed by atoms with Gasteiger partial charge in [0.25, 0.3) is 5.91 Å². The van der Waals surface area contributed by atoms with Crippen LogP contribution in [0, 0.1) is 5.92 Å². The molecule has 2 atom stereocenters. The highest BCUT2D eigenvalue weighted by Gasteiger charge is 2.34. The van der Waals surface area contributed by atoms with Gasteiger partial charge in [0.1, 0.15) is 6.04 Å². The number of carbonyl (C=O) groups is 1. The van der Waals surface area contributed by atoms with Crippen molar-refractivity contribution in [2.75, 3.05) is 18.0 Å². The third-order valence-electron chi connectivity index (χ3n) is 5.04. The molecule has 1 aliphatic rings. The topological polar surface area (TPSA) is 70.7 Å². The molecule has 0 aromatic heterocycles. The lowest BCUT2D eigenvalue weighted by Crippen LogP contribution is -2.43. The second-order valence-electron chi connectivity index (χ2n) is 6.84. The number of hydrogen-bond acceptors (Lipinski definition) is 5. The number of aliphatic imine (C=N–C) groups is 1. The molecule has 28 heavy (non-hydrogen) atoms. The third kappa shape index (κ3) is 4.41. The molecular weight excluding hydrogens is 392 g/mol. The molecule has 2 aromatic rings. The van der Waals surface area contributed by atoms with Gasteiger partial charge in [0.15, 0.2) is 0 Å². The monoisotopic (exact) mass is 416 g/mol. The predicted molar refractivity (Wildman–Crippen MR) is 119 cm³/mol. The lowest BCUT2D eigenvalue weighted by atomic mass is 9.98. The average Bonchev–Trinajstić information content (AvgIpc) is 2.83. The van der Waals surface area contributed by atoms with Crippen LogP contribution in [-0.2, 0) is 4.79 Å². The number of amides is 1. The summed E-state index contributed by atoms with van der Waals surface area (Å²) in [5, 5.41) is 6.10. The van der Waals surface area contributed by atoms with E-state index in [2.05, 4.69) is 18.6 Å². The molecule has 1 aliphatic heterocycles. The molecule has 0 saturated carbocycles. The minimum Gasteiger partial charge on any atom is -0.309 e. The van der Waals surface area contributed by atoms with Crippen molar-refractivity contribution in [1.82, 2.24) is 4.72 Å². The van der Waals surface area contributed by atoms with Gasteiger partial charge >= 0.3 is 0 Å². The van der Waals surface area contributed by atoms with Gasteiger partial charge in [-0.3, -0.25) is 14.9 Å². The summed E-state index contributed by atoms with van der Waals surface area (Å²) in [5.74, 6) is 0.128. The highest BCUT2D eigenvalue weighted by Crippen LogP contribution is 2.32. The smallest absolute Gasteiger partial charge is 0.252 e. The Kier molecular flexibility index (Phi) is 7.13. The molecule has 0 unspecified atom stereocenters. The molecule has 0 bridgehead atoms. The summed E-state index contributed by atoms with van der Waals surface area (Å²) in [7, 11) is 0. The number of anilines is 1. The van der Waals surface area contributed by atoms with Crippen LogP contribution in [0.3, 0.4) is 0 Å². The molecule has 0 fully saturated rings. The summed E-state index contributed by atoms with van der Waals surface area (Å²) >= 11 is 7.38. The summed E-state index contributed by atoms with van der Waals surface area (Å²) in [6, 6.07) is 15.1. The van der Waals surface area contributed by atoms with Gasteiger partial charge in [-0.2, -0.15) is 0 Å². The molecule has 0 saturated heterocycles. The van der Waals surface area contributed by atoms with E-state index in [1.54, 1.807) is 0 Å². The van der Waals surface area contributed by atoms with E-state index in [4.69, 9.17) is 21.7 Å². The van der Waals surface area contributed by atoms with E-state index in [1.165, 1.54) is 0 Å². The van der Waals surface area contributed by atoms with Crippen LogP contribution >= 0.6 is 23.7 Å². The number of hydrogen-bond donors (Lipinski definition) is 2. The lowest BCUT2D eigenvalue weighted by molar-refractivity contribution is -0.120. The summed E-state index contributed by atoms with van der Waals surface area (Å²) < 4.78 is 3.02. The first-order chi connectivity index (χ1) is 13.6. The molecule has 0 spiro atoms. The quantitative estimate of drug-likeness (QED) is 0.527. The van der Waals surface area contributed by atoms with Crippen molar-refractivity contribution in [1.29, 1.82) is 0 Å². The van der Waals surface area contributed by atoms with Gasteiger partial charge in [-0.05, 0) is 24.1 Å². The molecule has 0 radical (unpaired) electrons. The number of benzodiazepines with no additional fused rings is 1. The Balaban J connectivity index is 2.18. The van der Waals surface area contributed by atoms with Crippen molar-refractivity contribution < 1.29 is 4.79 Å². The molecular formula is C21H25ClN4OS. The number of carbonyl (C=O) groups excluding carboxylic acids is 1. The number of nitrogens with zero attached hydrogens (tertiary/aromatic N) is 2. The zero-order valence-electron chi connectivity index (χ0n) is 16.1. The molecule has 2 aromatic carbocycles. The van der Waals surface area contributed by atoms with Crippen molar-refractivity contribution >= 4 is 41.0 Å². The summed E-state index contributed by atoms with van der Waals surface area (Å²) in [4.78, 5) is 20.3. The van der Waals surface area contributed by atoms with E-state index in [0.717, 1.165) is 41.1 Å². The molecule has 1 heterocycles. The van der Waals surface area contributed by atoms with E-state index in [9.17, 15) is 4.79 Å². The van der Waals surface area contributed by atoms with Crippen molar-refractivity contribution in [3.8, 4) is 0 Å². The van der Waals surface area contributed by atoms with E-state index in [-0.39, 0.29) is 11.8 Å². The maximum Gasteiger partial charge on any atom is 0.252 e. The highest BCUT2D eigenvalue weighted by molar-refractivity contribution is 7.95. The van der Waals surface area contributed by atoms with Gasteiger partial charge in [-0.25, -0.2) is 4.72 Å².